The molecule has 0 heterocycles. The number of carbonyl (C=O) groups is 1. The molecule has 3 heteroatoms. The van der Waals surface area contributed by atoms with Gasteiger partial charge < -0.3 is 0 Å². The summed E-state index contributed by atoms with van der Waals surface area (Å²) < 4.78 is -0.328. The molecule has 1 rings (SSSR count). The van der Waals surface area contributed by atoms with Crippen molar-refractivity contribution >= 4 is 33.3 Å². The third kappa shape index (κ3) is 1.19. The van der Waals surface area contributed by atoms with Gasteiger partial charge in [-0.25, -0.2) is 0 Å². The van der Waals surface area contributed by atoms with Crippen LogP contribution in [0, 0.1) is 0 Å². The second-order valence-electron chi connectivity index (χ2n) is 2.25. The van der Waals surface area contributed by atoms with E-state index in [9.17, 15) is 4.79 Å². The van der Waals surface area contributed by atoms with Crippen LogP contribution in [0.5, 0.6) is 0 Å². The fourth-order valence-corrected chi connectivity index (χ4v) is 1.20. The number of halogens is 2. The molecule has 50 valence electrons. The highest BCUT2D eigenvalue weighted by molar-refractivity contribution is 9.10. The molecule has 0 aliphatic heterocycles. The van der Waals surface area contributed by atoms with Crippen LogP contribution in [0.25, 0.3) is 0 Å². The largest absolute Gasteiger partial charge is 0.293 e. The molecule has 1 aliphatic rings. The van der Waals surface area contributed by atoms with Gasteiger partial charge in [-0.1, -0.05) is 22.0 Å². The number of ketones is 1. The van der Waals surface area contributed by atoms with Crippen LogP contribution in [-0.4, -0.2) is 15.5 Å². The molecule has 0 amide bonds. The van der Waals surface area contributed by atoms with Gasteiger partial charge in [0, 0.05) is 0 Å². The van der Waals surface area contributed by atoms with Crippen molar-refractivity contribution in [1.82, 2.24) is 0 Å². The molecule has 0 aromatic rings. The maximum Gasteiger partial charge on any atom is 0.174 e. The Morgan fingerprint density at radius 3 is 2.56 bits per heavy atom. The SMILES string of the molecule is CC1(Br)C=CC(=O)C1Cl. The summed E-state index contributed by atoms with van der Waals surface area (Å²) in [6.45, 7) is 1.87. The standard InChI is InChI=1S/C6H6BrClO/c1-6(7)3-2-4(9)5(6)8/h2-3,5H,1H3. The molecule has 1 nitrogen and oxygen atoms in total. The van der Waals surface area contributed by atoms with E-state index in [1.54, 1.807) is 6.08 Å². The van der Waals surface area contributed by atoms with Crippen LogP contribution in [0.3, 0.4) is 0 Å². The maximum absolute atomic E-state index is 10.7. The zero-order chi connectivity index (χ0) is 7.07. The van der Waals surface area contributed by atoms with Crippen molar-refractivity contribution in [2.45, 2.75) is 16.6 Å². The second kappa shape index (κ2) is 2.10. The molecule has 0 aromatic heterocycles. The zero-order valence-electron chi connectivity index (χ0n) is 4.90. The van der Waals surface area contributed by atoms with Crippen LogP contribution in [0.4, 0.5) is 0 Å². The molecule has 1 aliphatic carbocycles. The van der Waals surface area contributed by atoms with Crippen LogP contribution in [0.1, 0.15) is 6.92 Å². The monoisotopic (exact) mass is 208 g/mol. The second-order valence-corrected chi connectivity index (χ2v) is 4.39. The predicted octanol–water partition coefficient (Wildman–Crippen LogP) is 1.89. The van der Waals surface area contributed by atoms with E-state index in [0.717, 1.165) is 0 Å². The average molecular weight is 209 g/mol. The van der Waals surface area contributed by atoms with Gasteiger partial charge >= 0.3 is 0 Å². The molecule has 0 bridgehead atoms. The summed E-state index contributed by atoms with van der Waals surface area (Å²) in [6, 6.07) is 0. The predicted molar refractivity (Wildman–Crippen MR) is 41.1 cm³/mol. The summed E-state index contributed by atoms with van der Waals surface area (Å²) in [5.74, 6) is -0.0176. The Bertz CT molecular complexity index is 174. The van der Waals surface area contributed by atoms with E-state index < -0.39 is 5.38 Å². The van der Waals surface area contributed by atoms with Gasteiger partial charge in [0.15, 0.2) is 5.78 Å². The van der Waals surface area contributed by atoms with Crippen LogP contribution in [0.15, 0.2) is 12.2 Å². The summed E-state index contributed by atoms with van der Waals surface area (Å²) in [5, 5.41) is -0.433. The van der Waals surface area contributed by atoms with Gasteiger partial charge in [0.05, 0.1) is 4.32 Å². The van der Waals surface area contributed by atoms with Crippen LogP contribution < -0.4 is 0 Å². The van der Waals surface area contributed by atoms with E-state index in [-0.39, 0.29) is 10.1 Å². The highest BCUT2D eigenvalue weighted by Gasteiger charge is 2.36. The number of hydrogen-bond donors (Lipinski definition) is 0. The smallest absolute Gasteiger partial charge is 0.174 e. The first-order chi connectivity index (χ1) is 4.04. The Morgan fingerprint density at radius 1 is 1.89 bits per heavy atom. The first-order valence-electron chi connectivity index (χ1n) is 2.60. The first-order valence-corrected chi connectivity index (χ1v) is 3.83. The lowest BCUT2D eigenvalue weighted by Gasteiger charge is -2.15. The lowest BCUT2D eigenvalue weighted by molar-refractivity contribution is -0.113. The van der Waals surface area contributed by atoms with Crippen molar-refractivity contribution in [2.75, 3.05) is 0 Å². The molecule has 0 N–H and O–H groups in total. The summed E-state index contributed by atoms with van der Waals surface area (Å²) >= 11 is 9.00. The lowest BCUT2D eigenvalue weighted by atomic mass is 10.1. The van der Waals surface area contributed by atoms with E-state index in [0.29, 0.717) is 0 Å². The molecule has 0 saturated heterocycles. The molecule has 0 aromatic carbocycles. The number of allylic oxidation sites excluding steroid dienone is 2. The number of alkyl halides is 2. The Balaban J connectivity index is 2.86. The topological polar surface area (TPSA) is 17.1 Å². The molecule has 2 atom stereocenters. The molecule has 9 heavy (non-hydrogen) atoms. The Kier molecular flexibility index (Phi) is 1.70. The summed E-state index contributed by atoms with van der Waals surface area (Å²) in [7, 11) is 0. The van der Waals surface area contributed by atoms with Gasteiger partial charge in [-0.3, -0.25) is 4.79 Å². The molecule has 0 radical (unpaired) electrons. The lowest BCUT2D eigenvalue weighted by Crippen LogP contribution is -2.26. The van der Waals surface area contributed by atoms with E-state index in [4.69, 9.17) is 11.6 Å². The molecule has 0 spiro atoms. The van der Waals surface area contributed by atoms with Gasteiger partial charge in [-0.15, -0.1) is 11.6 Å². The van der Waals surface area contributed by atoms with E-state index in [1.165, 1.54) is 6.08 Å². The van der Waals surface area contributed by atoms with Gasteiger partial charge in [0.25, 0.3) is 0 Å². The van der Waals surface area contributed by atoms with Crippen molar-refractivity contribution in [2.24, 2.45) is 0 Å². The molecule has 0 saturated carbocycles. The number of carbonyl (C=O) groups excluding carboxylic acids is 1. The fourth-order valence-electron chi connectivity index (χ4n) is 0.692. The van der Waals surface area contributed by atoms with Crippen molar-refractivity contribution in [3.63, 3.8) is 0 Å². The quantitative estimate of drug-likeness (QED) is 0.557. The number of hydrogen-bond acceptors (Lipinski definition) is 1. The van der Waals surface area contributed by atoms with Crippen molar-refractivity contribution in [3.05, 3.63) is 12.2 Å². The molecule has 2 unspecified atom stereocenters. The minimum Gasteiger partial charge on any atom is -0.293 e. The normalized spacial score (nSPS) is 42.1. The van der Waals surface area contributed by atoms with Gasteiger partial charge in [0.2, 0.25) is 0 Å². The first kappa shape index (κ1) is 7.29. The van der Waals surface area contributed by atoms with Crippen molar-refractivity contribution in [3.8, 4) is 0 Å². The molecular weight excluding hydrogens is 203 g/mol. The fraction of sp³-hybridized carbons (Fsp3) is 0.500. The van der Waals surface area contributed by atoms with Crippen molar-refractivity contribution in [1.29, 1.82) is 0 Å². The molecule has 0 fully saturated rings. The minimum atomic E-state index is -0.433. The summed E-state index contributed by atoms with van der Waals surface area (Å²) in [5.41, 5.74) is 0. The highest BCUT2D eigenvalue weighted by Crippen LogP contribution is 2.33. The highest BCUT2D eigenvalue weighted by atomic mass is 79.9. The third-order valence-corrected chi connectivity index (χ3v) is 2.97. The minimum absolute atomic E-state index is 0.0176. The van der Waals surface area contributed by atoms with Crippen LogP contribution >= 0.6 is 27.5 Å². The van der Waals surface area contributed by atoms with Crippen LogP contribution in [0.2, 0.25) is 0 Å². The Hall–Kier alpha value is 0.180. The van der Waals surface area contributed by atoms with Crippen LogP contribution in [-0.2, 0) is 4.79 Å². The summed E-state index contributed by atoms with van der Waals surface area (Å²) in [6.07, 6.45) is 3.28. The third-order valence-electron chi connectivity index (χ3n) is 1.32. The van der Waals surface area contributed by atoms with Gasteiger partial charge in [-0.05, 0) is 13.0 Å². The maximum atomic E-state index is 10.7. The Morgan fingerprint density at radius 2 is 2.44 bits per heavy atom. The van der Waals surface area contributed by atoms with E-state index in [2.05, 4.69) is 15.9 Å². The Labute approximate surface area is 67.2 Å². The zero-order valence-corrected chi connectivity index (χ0v) is 7.24. The van der Waals surface area contributed by atoms with Crippen molar-refractivity contribution < 1.29 is 4.79 Å². The van der Waals surface area contributed by atoms with E-state index >= 15 is 0 Å². The summed E-state index contributed by atoms with van der Waals surface area (Å²) in [4.78, 5) is 10.7. The van der Waals surface area contributed by atoms with Gasteiger partial charge in [-0.2, -0.15) is 0 Å². The average Bonchev–Trinajstić information content (AvgIpc) is 1.97. The van der Waals surface area contributed by atoms with E-state index in [1.807, 2.05) is 6.92 Å². The van der Waals surface area contributed by atoms with Gasteiger partial charge in [0.1, 0.15) is 5.38 Å². The number of rotatable bonds is 0. The molecular formula is C6H6BrClO.